The number of amides is 1. The fourth-order valence-corrected chi connectivity index (χ4v) is 1.67. The lowest BCUT2D eigenvalue weighted by molar-refractivity contribution is -0.131. The van der Waals surface area contributed by atoms with Gasteiger partial charge in [-0.2, -0.15) is 5.26 Å². The summed E-state index contributed by atoms with van der Waals surface area (Å²) in [4.78, 5) is 12.9. The molecule has 1 N–H and O–H groups in total. The highest BCUT2D eigenvalue weighted by atomic mass is 19.1. The van der Waals surface area contributed by atoms with E-state index in [1.165, 1.54) is 4.90 Å². The second kappa shape index (κ2) is 5.47. The van der Waals surface area contributed by atoms with Gasteiger partial charge < -0.3 is 10.2 Å². The largest absolute Gasteiger partial charge is 0.331 e. The van der Waals surface area contributed by atoms with Crippen LogP contribution in [0.4, 0.5) is 4.39 Å². The maximum Gasteiger partial charge on any atom is 0.282 e. The molecule has 1 atom stereocenters. The summed E-state index contributed by atoms with van der Waals surface area (Å²) in [5, 5.41) is 11.6. The van der Waals surface area contributed by atoms with Crippen LogP contribution in [0.5, 0.6) is 0 Å². The van der Waals surface area contributed by atoms with Gasteiger partial charge in [-0.05, 0) is 6.42 Å². The summed E-state index contributed by atoms with van der Waals surface area (Å²) < 4.78 is 12.7. The summed E-state index contributed by atoms with van der Waals surface area (Å²) >= 11 is 0. The normalized spacial score (nSPS) is 20.8. The first-order valence-electron chi connectivity index (χ1n) is 4.90. The third kappa shape index (κ3) is 3.03. The SMILES string of the molecule is C=C(F)C(=O)N1CCNC[C@@H]1CCC#N. The maximum absolute atomic E-state index is 12.7. The van der Waals surface area contributed by atoms with Crippen LogP contribution in [0.15, 0.2) is 12.4 Å². The van der Waals surface area contributed by atoms with Crippen molar-refractivity contribution in [3.8, 4) is 6.07 Å². The molecule has 1 heterocycles. The number of nitrogens with one attached hydrogen (secondary N) is 1. The van der Waals surface area contributed by atoms with Gasteiger partial charge in [-0.15, -0.1) is 0 Å². The number of halogens is 1. The van der Waals surface area contributed by atoms with Crippen LogP contribution in [0, 0.1) is 11.3 Å². The van der Waals surface area contributed by atoms with E-state index in [1.54, 1.807) is 0 Å². The number of nitrogens with zero attached hydrogens (tertiary/aromatic N) is 2. The van der Waals surface area contributed by atoms with E-state index < -0.39 is 11.7 Å². The number of carbonyl (C=O) groups excluding carboxylic acids is 1. The molecule has 15 heavy (non-hydrogen) atoms. The molecule has 1 saturated heterocycles. The first kappa shape index (κ1) is 11.7. The van der Waals surface area contributed by atoms with Crippen molar-refractivity contribution in [1.82, 2.24) is 10.2 Å². The standard InChI is InChI=1S/C10H14FN3O/c1-8(11)10(15)14-6-5-13-7-9(14)3-2-4-12/h9,13H,1-3,5-7H2/t9-/m0/s1. The zero-order valence-corrected chi connectivity index (χ0v) is 8.50. The lowest BCUT2D eigenvalue weighted by atomic mass is 10.1. The van der Waals surface area contributed by atoms with Gasteiger partial charge in [0, 0.05) is 32.1 Å². The number of piperazine rings is 1. The van der Waals surface area contributed by atoms with E-state index >= 15 is 0 Å². The molecule has 1 fully saturated rings. The zero-order chi connectivity index (χ0) is 11.3. The van der Waals surface area contributed by atoms with Gasteiger partial charge in [0.05, 0.1) is 6.07 Å². The van der Waals surface area contributed by atoms with Gasteiger partial charge >= 0.3 is 0 Å². The van der Waals surface area contributed by atoms with Crippen LogP contribution in [-0.4, -0.2) is 36.5 Å². The fourth-order valence-electron chi connectivity index (χ4n) is 1.67. The Morgan fingerprint density at radius 1 is 1.73 bits per heavy atom. The molecule has 4 nitrogen and oxygen atoms in total. The molecule has 1 amide bonds. The van der Waals surface area contributed by atoms with E-state index in [9.17, 15) is 9.18 Å². The van der Waals surface area contributed by atoms with Gasteiger partial charge in [-0.25, -0.2) is 4.39 Å². The predicted molar refractivity (Wildman–Crippen MR) is 53.5 cm³/mol. The van der Waals surface area contributed by atoms with E-state index in [0.717, 1.165) is 0 Å². The predicted octanol–water partition coefficient (Wildman–Crippen LogP) is 0.574. The number of hydrogen-bond acceptors (Lipinski definition) is 3. The highest BCUT2D eigenvalue weighted by Gasteiger charge is 2.27. The molecule has 0 saturated carbocycles. The van der Waals surface area contributed by atoms with Crippen molar-refractivity contribution in [2.45, 2.75) is 18.9 Å². The van der Waals surface area contributed by atoms with E-state index in [1.807, 2.05) is 6.07 Å². The van der Waals surface area contributed by atoms with Crippen molar-refractivity contribution in [3.63, 3.8) is 0 Å². The van der Waals surface area contributed by atoms with E-state index in [2.05, 4.69) is 11.9 Å². The summed E-state index contributed by atoms with van der Waals surface area (Å²) in [7, 11) is 0. The molecule has 0 aromatic heterocycles. The molecule has 1 aliphatic rings. The van der Waals surface area contributed by atoms with Crippen LogP contribution < -0.4 is 5.32 Å². The van der Waals surface area contributed by atoms with Crippen molar-refractivity contribution in [3.05, 3.63) is 12.4 Å². The monoisotopic (exact) mass is 211 g/mol. The van der Waals surface area contributed by atoms with Crippen molar-refractivity contribution < 1.29 is 9.18 Å². The molecule has 5 heteroatoms. The molecule has 0 aromatic rings. The number of hydrogen-bond donors (Lipinski definition) is 1. The first-order chi connectivity index (χ1) is 7.16. The van der Waals surface area contributed by atoms with E-state index in [4.69, 9.17) is 5.26 Å². The fraction of sp³-hybridized carbons (Fsp3) is 0.600. The molecule has 0 bridgehead atoms. The third-order valence-corrected chi connectivity index (χ3v) is 2.43. The zero-order valence-electron chi connectivity index (χ0n) is 8.50. The van der Waals surface area contributed by atoms with Crippen LogP contribution in [0.25, 0.3) is 0 Å². The number of nitriles is 1. The van der Waals surface area contributed by atoms with Gasteiger partial charge in [-0.3, -0.25) is 4.79 Å². The Labute approximate surface area is 88.4 Å². The van der Waals surface area contributed by atoms with Crippen LogP contribution in [0.3, 0.4) is 0 Å². The lowest BCUT2D eigenvalue weighted by Crippen LogP contribution is -2.53. The molecule has 1 aliphatic heterocycles. The van der Waals surface area contributed by atoms with E-state index in [0.29, 0.717) is 32.5 Å². The van der Waals surface area contributed by atoms with Crippen LogP contribution in [-0.2, 0) is 4.79 Å². The van der Waals surface area contributed by atoms with Gasteiger partial charge in [0.25, 0.3) is 5.91 Å². The lowest BCUT2D eigenvalue weighted by Gasteiger charge is -2.35. The number of rotatable bonds is 3. The molecule has 0 unspecified atom stereocenters. The van der Waals surface area contributed by atoms with Crippen molar-refractivity contribution in [1.29, 1.82) is 5.26 Å². The quantitative estimate of drug-likeness (QED) is 0.694. The summed E-state index contributed by atoms with van der Waals surface area (Å²) in [5.41, 5.74) is 0. The second-order valence-electron chi connectivity index (χ2n) is 3.46. The molecule has 0 aliphatic carbocycles. The van der Waals surface area contributed by atoms with Gasteiger partial charge in [0.15, 0.2) is 5.83 Å². The van der Waals surface area contributed by atoms with Crippen LogP contribution >= 0.6 is 0 Å². The highest BCUT2D eigenvalue weighted by molar-refractivity contribution is 5.90. The average molecular weight is 211 g/mol. The van der Waals surface area contributed by atoms with Crippen molar-refractivity contribution in [2.24, 2.45) is 0 Å². The summed E-state index contributed by atoms with van der Waals surface area (Å²) in [6.07, 6.45) is 0.942. The Bertz CT molecular complexity index is 298. The Hall–Kier alpha value is -1.41. The second-order valence-corrected chi connectivity index (χ2v) is 3.46. The first-order valence-corrected chi connectivity index (χ1v) is 4.90. The summed E-state index contributed by atoms with van der Waals surface area (Å²) in [5.74, 6) is -1.58. The highest BCUT2D eigenvalue weighted by Crippen LogP contribution is 2.12. The molecule has 1 rings (SSSR count). The molecule has 0 radical (unpaired) electrons. The van der Waals surface area contributed by atoms with Gasteiger partial charge in [-0.1, -0.05) is 6.58 Å². The van der Waals surface area contributed by atoms with Gasteiger partial charge in [0.1, 0.15) is 0 Å². The summed E-state index contributed by atoms with van der Waals surface area (Å²) in [6, 6.07) is 1.92. The average Bonchev–Trinajstić information content (AvgIpc) is 2.25. The Morgan fingerprint density at radius 2 is 2.47 bits per heavy atom. The van der Waals surface area contributed by atoms with Crippen molar-refractivity contribution in [2.75, 3.05) is 19.6 Å². The van der Waals surface area contributed by atoms with Crippen LogP contribution in [0.2, 0.25) is 0 Å². The number of carbonyl (C=O) groups is 1. The topological polar surface area (TPSA) is 56.1 Å². The minimum atomic E-state index is -0.932. The Morgan fingerprint density at radius 3 is 3.07 bits per heavy atom. The minimum Gasteiger partial charge on any atom is -0.331 e. The van der Waals surface area contributed by atoms with E-state index in [-0.39, 0.29) is 6.04 Å². The smallest absolute Gasteiger partial charge is 0.282 e. The molecular weight excluding hydrogens is 197 g/mol. The molecule has 0 aromatic carbocycles. The maximum atomic E-state index is 12.7. The molecule has 82 valence electrons. The minimum absolute atomic E-state index is 0.0987. The Balaban J connectivity index is 2.61. The van der Waals surface area contributed by atoms with Gasteiger partial charge in [0.2, 0.25) is 0 Å². The molecule has 0 spiro atoms. The summed E-state index contributed by atoms with van der Waals surface area (Å²) in [6.45, 7) is 4.74. The van der Waals surface area contributed by atoms with Crippen LogP contribution in [0.1, 0.15) is 12.8 Å². The third-order valence-electron chi connectivity index (χ3n) is 2.43. The Kier molecular flexibility index (Phi) is 4.25. The van der Waals surface area contributed by atoms with Crippen molar-refractivity contribution >= 4 is 5.91 Å². The molecular formula is C10H14FN3O.